The van der Waals surface area contributed by atoms with Crippen LogP contribution < -0.4 is 5.32 Å². The number of hydrogen-bond acceptors (Lipinski definition) is 4. The van der Waals surface area contributed by atoms with Gasteiger partial charge in [-0.3, -0.25) is 4.68 Å². The van der Waals surface area contributed by atoms with E-state index in [1.54, 1.807) is 19.8 Å². The maximum Gasteiger partial charge on any atom is 0.137 e. The second-order valence-electron chi connectivity index (χ2n) is 3.65. The summed E-state index contributed by atoms with van der Waals surface area (Å²) in [6, 6.07) is 0.506. The summed E-state index contributed by atoms with van der Waals surface area (Å²) in [6.07, 6.45) is 5.44. The SMILES string of the molecule is COCCCNC(C)CCn1cncn1. The third kappa shape index (κ3) is 5.49. The summed E-state index contributed by atoms with van der Waals surface area (Å²) in [4.78, 5) is 3.90. The molecule has 0 amide bonds. The minimum absolute atomic E-state index is 0.506. The molecule has 1 atom stereocenters. The second kappa shape index (κ2) is 7.36. The average molecular weight is 212 g/mol. The Morgan fingerprint density at radius 3 is 3.07 bits per heavy atom. The van der Waals surface area contributed by atoms with Crippen LogP contribution in [0, 0.1) is 0 Å². The Labute approximate surface area is 90.8 Å². The molecule has 15 heavy (non-hydrogen) atoms. The number of hydrogen-bond donors (Lipinski definition) is 1. The average Bonchev–Trinajstić information content (AvgIpc) is 2.74. The van der Waals surface area contributed by atoms with Crippen LogP contribution in [-0.4, -0.2) is 41.1 Å². The van der Waals surface area contributed by atoms with Gasteiger partial charge in [-0.2, -0.15) is 5.10 Å². The highest BCUT2D eigenvalue weighted by molar-refractivity contribution is 4.63. The van der Waals surface area contributed by atoms with Crippen molar-refractivity contribution in [1.29, 1.82) is 0 Å². The van der Waals surface area contributed by atoms with Crippen molar-refractivity contribution in [2.24, 2.45) is 0 Å². The van der Waals surface area contributed by atoms with Gasteiger partial charge in [-0.1, -0.05) is 0 Å². The molecule has 1 N–H and O–H groups in total. The summed E-state index contributed by atoms with van der Waals surface area (Å²) in [5.74, 6) is 0. The lowest BCUT2D eigenvalue weighted by Crippen LogP contribution is -2.28. The van der Waals surface area contributed by atoms with Gasteiger partial charge in [0.05, 0.1) is 0 Å². The minimum atomic E-state index is 0.506. The monoisotopic (exact) mass is 212 g/mol. The van der Waals surface area contributed by atoms with Gasteiger partial charge in [-0.15, -0.1) is 0 Å². The van der Waals surface area contributed by atoms with Gasteiger partial charge in [0, 0.05) is 26.3 Å². The van der Waals surface area contributed by atoms with Gasteiger partial charge >= 0.3 is 0 Å². The Balaban J connectivity index is 2.01. The van der Waals surface area contributed by atoms with Gasteiger partial charge < -0.3 is 10.1 Å². The molecule has 5 nitrogen and oxygen atoms in total. The molecule has 0 fully saturated rings. The van der Waals surface area contributed by atoms with Crippen LogP contribution in [0.25, 0.3) is 0 Å². The number of aryl methyl sites for hydroxylation is 1. The van der Waals surface area contributed by atoms with E-state index in [2.05, 4.69) is 22.3 Å². The number of ether oxygens (including phenoxy) is 1. The molecule has 0 aromatic carbocycles. The Morgan fingerprint density at radius 1 is 1.53 bits per heavy atom. The molecule has 86 valence electrons. The molecular formula is C10H20N4O. The molecule has 0 saturated carbocycles. The first-order chi connectivity index (χ1) is 7.33. The normalized spacial score (nSPS) is 12.9. The first kappa shape index (κ1) is 12.1. The van der Waals surface area contributed by atoms with Gasteiger partial charge in [0.25, 0.3) is 0 Å². The van der Waals surface area contributed by atoms with E-state index in [4.69, 9.17) is 4.74 Å². The minimum Gasteiger partial charge on any atom is -0.385 e. The van der Waals surface area contributed by atoms with Crippen LogP contribution in [-0.2, 0) is 11.3 Å². The van der Waals surface area contributed by atoms with Crippen LogP contribution >= 0.6 is 0 Å². The van der Waals surface area contributed by atoms with E-state index >= 15 is 0 Å². The van der Waals surface area contributed by atoms with Gasteiger partial charge in [-0.25, -0.2) is 4.98 Å². The summed E-state index contributed by atoms with van der Waals surface area (Å²) in [5, 5.41) is 7.49. The van der Waals surface area contributed by atoms with Gasteiger partial charge in [0.15, 0.2) is 0 Å². The molecule has 1 rings (SSSR count). The third-order valence-corrected chi connectivity index (χ3v) is 2.28. The van der Waals surface area contributed by atoms with Crippen LogP contribution in [0.1, 0.15) is 19.8 Å². The number of nitrogens with zero attached hydrogens (tertiary/aromatic N) is 3. The maximum atomic E-state index is 4.98. The highest BCUT2D eigenvalue weighted by Gasteiger charge is 2.01. The van der Waals surface area contributed by atoms with Crippen LogP contribution in [0.3, 0.4) is 0 Å². The molecule has 0 spiro atoms. The highest BCUT2D eigenvalue weighted by Crippen LogP contribution is 1.94. The topological polar surface area (TPSA) is 52.0 Å². The quantitative estimate of drug-likeness (QED) is 0.644. The first-order valence-corrected chi connectivity index (χ1v) is 5.37. The number of rotatable bonds is 8. The van der Waals surface area contributed by atoms with Gasteiger partial charge in [0.2, 0.25) is 0 Å². The summed E-state index contributed by atoms with van der Waals surface area (Å²) in [7, 11) is 1.73. The molecule has 1 heterocycles. The van der Waals surface area contributed by atoms with Crippen molar-refractivity contribution in [2.45, 2.75) is 32.4 Å². The lowest BCUT2D eigenvalue weighted by atomic mass is 10.2. The number of aromatic nitrogens is 3. The zero-order valence-corrected chi connectivity index (χ0v) is 9.52. The molecule has 0 radical (unpaired) electrons. The summed E-state index contributed by atoms with van der Waals surface area (Å²) < 4.78 is 6.83. The fourth-order valence-corrected chi connectivity index (χ4v) is 1.34. The Bertz CT molecular complexity index is 238. The lowest BCUT2D eigenvalue weighted by molar-refractivity contribution is 0.193. The van der Waals surface area contributed by atoms with Gasteiger partial charge in [0.1, 0.15) is 12.7 Å². The van der Waals surface area contributed by atoms with Crippen molar-refractivity contribution in [3.05, 3.63) is 12.7 Å². The Hall–Kier alpha value is -0.940. The third-order valence-electron chi connectivity index (χ3n) is 2.28. The second-order valence-corrected chi connectivity index (χ2v) is 3.65. The smallest absolute Gasteiger partial charge is 0.137 e. The van der Waals surface area contributed by atoms with E-state index in [0.29, 0.717) is 6.04 Å². The van der Waals surface area contributed by atoms with Crippen molar-refractivity contribution in [2.75, 3.05) is 20.3 Å². The van der Waals surface area contributed by atoms with E-state index in [1.807, 2.05) is 4.68 Å². The van der Waals surface area contributed by atoms with Crippen LogP contribution in [0.2, 0.25) is 0 Å². The van der Waals surface area contributed by atoms with E-state index < -0.39 is 0 Å². The molecule has 5 heteroatoms. The van der Waals surface area contributed by atoms with Crippen molar-refractivity contribution < 1.29 is 4.74 Å². The van der Waals surface area contributed by atoms with Gasteiger partial charge in [-0.05, 0) is 26.3 Å². The van der Waals surface area contributed by atoms with Crippen molar-refractivity contribution >= 4 is 0 Å². The van der Waals surface area contributed by atoms with Crippen molar-refractivity contribution in [3.8, 4) is 0 Å². The van der Waals surface area contributed by atoms with Crippen molar-refractivity contribution in [3.63, 3.8) is 0 Å². The largest absolute Gasteiger partial charge is 0.385 e. The predicted octanol–water partition coefficient (Wildman–Crippen LogP) is 0.683. The predicted molar refractivity (Wildman–Crippen MR) is 58.6 cm³/mol. The Morgan fingerprint density at radius 2 is 2.40 bits per heavy atom. The van der Waals surface area contributed by atoms with E-state index in [9.17, 15) is 0 Å². The Kier molecular flexibility index (Phi) is 5.96. The molecule has 0 bridgehead atoms. The first-order valence-electron chi connectivity index (χ1n) is 5.37. The number of methoxy groups -OCH3 is 1. The fraction of sp³-hybridized carbons (Fsp3) is 0.800. The molecule has 0 aliphatic rings. The molecule has 1 aromatic heterocycles. The highest BCUT2D eigenvalue weighted by atomic mass is 16.5. The van der Waals surface area contributed by atoms with E-state index in [-0.39, 0.29) is 0 Å². The van der Waals surface area contributed by atoms with E-state index in [1.165, 1.54) is 0 Å². The molecule has 1 aromatic rings. The van der Waals surface area contributed by atoms with Crippen molar-refractivity contribution in [1.82, 2.24) is 20.1 Å². The van der Waals surface area contributed by atoms with Crippen LogP contribution in [0.5, 0.6) is 0 Å². The summed E-state index contributed by atoms with van der Waals surface area (Å²) in [5.41, 5.74) is 0. The van der Waals surface area contributed by atoms with Crippen LogP contribution in [0.4, 0.5) is 0 Å². The zero-order chi connectivity index (χ0) is 10.9. The molecule has 0 saturated heterocycles. The van der Waals surface area contributed by atoms with Crippen LogP contribution in [0.15, 0.2) is 12.7 Å². The molecule has 0 aliphatic carbocycles. The molecule has 1 unspecified atom stereocenters. The molecule has 0 aliphatic heterocycles. The lowest BCUT2D eigenvalue weighted by Gasteiger charge is -2.13. The summed E-state index contributed by atoms with van der Waals surface area (Å²) in [6.45, 7) is 4.93. The zero-order valence-electron chi connectivity index (χ0n) is 9.52. The summed E-state index contributed by atoms with van der Waals surface area (Å²) >= 11 is 0. The fourth-order valence-electron chi connectivity index (χ4n) is 1.34. The molecular weight excluding hydrogens is 192 g/mol. The maximum absolute atomic E-state index is 4.98. The number of nitrogens with one attached hydrogen (secondary N) is 1. The van der Waals surface area contributed by atoms with E-state index in [0.717, 1.165) is 32.5 Å². The standard InChI is InChI=1S/C10H20N4O/c1-10(12-5-3-7-15-2)4-6-14-9-11-8-13-14/h8-10,12H,3-7H2,1-2H3.